The Labute approximate surface area is 220 Å². The maximum absolute atomic E-state index is 13.1. The number of carbonyl (C=O) groups is 2. The van der Waals surface area contributed by atoms with Crippen molar-refractivity contribution in [3.05, 3.63) is 94.5 Å². The van der Waals surface area contributed by atoms with E-state index in [2.05, 4.69) is 17.6 Å². The Bertz CT molecular complexity index is 1100. The number of aryl methyl sites for hydroxylation is 2. The van der Waals surface area contributed by atoms with Gasteiger partial charge in [-0.3, -0.25) is 9.59 Å². The van der Waals surface area contributed by atoms with Crippen molar-refractivity contribution < 1.29 is 19.1 Å². The van der Waals surface area contributed by atoms with Crippen LogP contribution in [0.5, 0.6) is 11.5 Å². The van der Waals surface area contributed by atoms with E-state index >= 15 is 0 Å². The van der Waals surface area contributed by atoms with Crippen LogP contribution in [0.2, 0.25) is 0 Å². The van der Waals surface area contributed by atoms with Gasteiger partial charge in [-0.2, -0.15) is 0 Å². The molecule has 0 aromatic heterocycles. The van der Waals surface area contributed by atoms with E-state index in [0.29, 0.717) is 34.8 Å². The zero-order valence-corrected chi connectivity index (χ0v) is 22.3. The van der Waals surface area contributed by atoms with Crippen molar-refractivity contribution in [2.75, 3.05) is 13.7 Å². The molecule has 0 fully saturated rings. The van der Waals surface area contributed by atoms with Gasteiger partial charge in [0.25, 0.3) is 11.8 Å². The van der Waals surface area contributed by atoms with Gasteiger partial charge >= 0.3 is 0 Å². The second kappa shape index (κ2) is 14.1. The lowest BCUT2D eigenvalue weighted by Crippen LogP contribution is -2.41. The van der Waals surface area contributed by atoms with E-state index in [1.54, 1.807) is 37.4 Å². The second-order valence-electron chi connectivity index (χ2n) is 9.28. The molecule has 3 rings (SSSR count). The third-order valence-corrected chi connectivity index (χ3v) is 6.20. The normalized spacial score (nSPS) is 10.7. The van der Waals surface area contributed by atoms with Crippen LogP contribution in [0.15, 0.2) is 66.7 Å². The average Bonchev–Trinajstić information content (AvgIpc) is 2.90. The molecule has 0 saturated carbocycles. The van der Waals surface area contributed by atoms with Crippen LogP contribution in [0.25, 0.3) is 0 Å². The highest BCUT2D eigenvalue weighted by Gasteiger charge is 2.21. The van der Waals surface area contributed by atoms with Gasteiger partial charge in [-0.25, -0.2) is 0 Å². The van der Waals surface area contributed by atoms with Crippen molar-refractivity contribution in [3.63, 3.8) is 0 Å². The highest BCUT2D eigenvalue weighted by Crippen LogP contribution is 2.30. The van der Waals surface area contributed by atoms with Crippen molar-refractivity contribution in [1.29, 1.82) is 0 Å². The summed E-state index contributed by atoms with van der Waals surface area (Å²) in [5, 5.41) is 5.94. The van der Waals surface area contributed by atoms with Crippen LogP contribution in [-0.2, 0) is 0 Å². The minimum Gasteiger partial charge on any atom is -0.493 e. The Morgan fingerprint density at radius 3 is 1.78 bits per heavy atom. The zero-order valence-electron chi connectivity index (χ0n) is 22.3. The number of hydrogen-bond donors (Lipinski definition) is 2. The van der Waals surface area contributed by atoms with Crippen molar-refractivity contribution >= 4 is 11.8 Å². The molecule has 6 nitrogen and oxygen atoms in total. The lowest BCUT2D eigenvalue weighted by molar-refractivity contribution is 0.0883. The van der Waals surface area contributed by atoms with Gasteiger partial charge in [-0.1, -0.05) is 74.1 Å². The molecule has 0 heterocycles. The van der Waals surface area contributed by atoms with E-state index in [1.807, 2.05) is 50.2 Å². The highest BCUT2D eigenvalue weighted by atomic mass is 16.5. The Balaban J connectivity index is 1.83. The summed E-state index contributed by atoms with van der Waals surface area (Å²) >= 11 is 0. The Morgan fingerprint density at radius 2 is 1.27 bits per heavy atom. The van der Waals surface area contributed by atoms with Crippen LogP contribution >= 0.6 is 0 Å². The molecule has 0 aliphatic rings. The van der Waals surface area contributed by atoms with Crippen LogP contribution in [0.4, 0.5) is 0 Å². The fourth-order valence-electron chi connectivity index (χ4n) is 3.91. The molecule has 0 atom stereocenters. The van der Waals surface area contributed by atoms with E-state index in [0.717, 1.165) is 24.0 Å². The molecule has 0 bridgehead atoms. The molecule has 0 aliphatic heterocycles. The zero-order chi connectivity index (χ0) is 26.6. The van der Waals surface area contributed by atoms with Crippen LogP contribution in [0.3, 0.4) is 0 Å². The first-order valence-electron chi connectivity index (χ1n) is 13.0. The molecular formula is C31H38N2O4. The van der Waals surface area contributed by atoms with E-state index in [9.17, 15) is 9.59 Å². The Hall–Kier alpha value is -3.80. The van der Waals surface area contributed by atoms with E-state index in [1.165, 1.54) is 19.3 Å². The van der Waals surface area contributed by atoms with Gasteiger partial charge in [0.15, 0.2) is 11.5 Å². The predicted octanol–water partition coefficient (Wildman–Crippen LogP) is 6.52. The summed E-state index contributed by atoms with van der Waals surface area (Å²) in [7, 11) is 1.60. The van der Waals surface area contributed by atoms with Crippen LogP contribution in [-0.4, -0.2) is 25.5 Å². The largest absolute Gasteiger partial charge is 0.493 e. The highest BCUT2D eigenvalue weighted by molar-refractivity contribution is 5.96. The predicted molar refractivity (Wildman–Crippen MR) is 147 cm³/mol. The summed E-state index contributed by atoms with van der Waals surface area (Å²) in [5.41, 5.74) is 3.83. The maximum atomic E-state index is 13.1. The fourth-order valence-corrected chi connectivity index (χ4v) is 3.91. The average molecular weight is 503 g/mol. The molecule has 37 heavy (non-hydrogen) atoms. The number of amides is 2. The summed E-state index contributed by atoms with van der Waals surface area (Å²) in [6.07, 6.45) is 4.89. The van der Waals surface area contributed by atoms with Crippen LogP contribution in [0, 0.1) is 13.8 Å². The number of hydrogen-bond acceptors (Lipinski definition) is 4. The van der Waals surface area contributed by atoms with E-state index in [4.69, 9.17) is 9.47 Å². The molecule has 0 saturated heterocycles. The van der Waals surface area contributed by atoms with Gasteiger partial charge in [0.2, 0.25) is 0 Å². The Morgan fingerprint density at radius 1 is 0.730 bits per heavy atom. The summed E-state index contributed by atoms with van der Waals surface area (Å²) in [6, 6.07) is 20.0. The summed E-state index contributed by atoms with van der Waals surface area (Å²) < 4.78 is 11.6. The summed E-state index contributed by atoms with van der Waals surface area (Å²) in [5.74, 6) is 0.604. The topological polar surface area (TPSA) is 76.7 Å². The maximum Gasteiger partial charge on any atom is 0.253 e. The molecule has 2 amide bonds. The molecule has 3 aromatic carbocycles. The van der Waals surface area contributed by atoms with Crippen LogP contribution < -0.4 is 20.1 Å². The van der Waals surface area contributed by atoms with Gasteiger partial charge in [-0.05, 0) is 62.2 Å². The van der Waals surface area contributed by atoms with E-state index in [-0.39, 0.29) is 11.8 Å². The molecule has 196 valence electrons. The quantitative estimate of drug-likeness (QED) is 0.206. The van der Waals surface area contributed by atoms with Crippen molar-refractivity contribution in [3.8, 4) is 11.5 Å². The van der Waals surface area contributed by atoms with Gasteiger partial charge in [0.1, 0.15) is 6.17 Å². The molecule has 6 heteroatoms. The number of methoxy groups -OCH3 is 1. The number of carbonyl (C=O) groups excluding carboxylic acids is 2. The first kappa shape index (κ1) is 27.8. The SMILES string of the molecule is CCCCCCCOc1cc(C(NC(=O)c2ccc(C)cc2)NC(=O)c2ccc(C)cc2)ccc1OC. The molecule has 0 radical (unpaired) electrons. The monoisotopic (exact) mass is 502 g/mol. The minimum atomic E-state index is -0.777. The van der Waals surface area contributed by atoms with Crippen molar-refractivity contribution in [2.24, 2.45) is 0 Å². The van der Waals surface area contributed by atoms with E-state index < -0.39 is 6.17 Å². The van der Waals surface area contributed by atoms with Gasteiger partial charge in [0, 0.05) is 11.1 Å². The van der Waals surface area contributed by atoms with Gasteiger partial charge < -0.3 is 20.1 Å². The van der Waals surface area contributed by atoms with Crippen LogP contribution in [0.1, 0.15) is 82.6 Å². The third kappa shape index (κ3) is 8.38. The number of benzene rings is 3. The molecule has 0 aliphatic carbocycles. The standard InChI is InChI=1S/C31H38N2O4/c1-5-6-7-8-9-20-37-28-21-26(18-19-27(28)36-4)29(32-30(34)24-14-10-22(2)11-15-24)33-31(35)25-16-12-23(3)13-17-25/h10-19,21,29H,5-9,20H2,1-4H3,(H,32,34)(H,33,35). The molecule has 2 N–H and O–H groups in total. The third-order valence-electron chi connectivity index (χ3n) is 6.20. The summed E-state index contributed by atoms with van der Waals surface area (Å²) in [6.45, 7) is 6.70. The smallest absolute Gasteiger partial charge is 0.253 e. The fraction of sp³-hybridized carbons (Fsp3) is 0.355. The number of nitrogens with one attached hydrogen (secondary N) is 2. The number of rotatable bonds is 13. The van der Waals surface area contributed by atoms with Crippen molar-refractivity contribution in [1.82, 2.24) is 10.6 Å². The first-order chi connectivity index (χ1) is 17.9. The Kier molecular flexibility index (Phi) is 10.6. The molecule has 3 aromatic rings. The molecule has 0 unspecified atom stereocenters. The number of unbranched alkanes of at least 4 members (excludes halogenated alkanes) is 4. The second-order valence-corrected chi connectivity index (χ2v) is 9.28. The first-order valence-corrected chi connectivity index (χ1v) is 13.0. The molecule has 0 spiro atoms. The van der Waals surface area contributed by atoms with Gasteiger partial charge in [-0.15, -0.1) is 0 Å². The summed E-state index contributed by atoms with van der Waals surface area (Å²) in [4.78, 5) is 26.2. The van der Waals surface area contributed by atoms with Crippen molar-refractivity contribution in [2.45, 2.75) is 59.0 Å². The van der Waals surface area contributed by atoms with Gasteiger partial charge in [0.05, 0.1) is 13.7 Å². The number of ether oxygens (including phenoxy) is 2. The lowest BCUT2D eigenvalue weighted by atomic mass is 10.1. The lowest BCUT2D eigenvalue weighted by Gasteiger charge is -2.22. The molecular weight excluding hydrogens is 464 g/mol. The minimum absolute atomic E-state index is 0.289.